The van der Waals surface area contributed by atoms with E-state index < -0.39 is 5.97 Å². The standard InChI is InChI=1S/C22H16N2O3S/c1-15-5-7-16(8-6-15)21-24-19(14-28-21)22(25)27-18-11-9-17(10-12-18)26-20-4-2-3-13-23-20/h2-14H,1H3. The quantitative estimate of drug-likeness (QED) is 0.332. The molecule has 4 aromatic rings. The number of pyridine rings is 1. The third-order valence-electron chi connectivity index (χ3n) is 3.91. The van der Waals surface area contributed by atoms with E-state index in [1.54, 1.807) is 41.9 Å². The van der Waals surface area contributed by atoms with E-state index in [9.17, 15) is 4.79 Å². The van der Waals surface area contributed by atoms with E-state index in [0.29, 0.717) is 17.4 Å². The first-order valence-corrected chi connectivity index (χ1v) is 9.49. The summed E-state index contributed by atoms with van der Waals surface area (Å²) >= 11 is 1.41. The number of aryl methyl sites for hydroxylation is 1. The minimum Gasteiger partial charge on any atom is -0.439 e. The van der Waals surface area contributed by atoms with Crippen molar-refractivity contribution < 1.29 is 14.3 Å². The highest BCUT2D eigenvalue weighted by molar-refractivity contribution is 7.13. The van der Waals surface area contributed by atoms with Gasteiger partial charge in [0.05, 0.1) is 0 Å². The van der Waals surface area contributed by atoms with Gasteiger partial charge in [0.2, 0.25) is 5.88 Å². The lowest BCUT2D eigenvalue weighted by molar-refractivity contribution is 0.0729. The number of rotatable bonds is 5. The van der Waals surface area contributed by atoms with E-state index >= 15 is 0 Å². The molecule has 0 saturated heterocycles. The average Bonchev–Trinajstić information content (AvgIpc) is 3.21. The van der Waals surface area contributed by atoms with Crippen molar-refractivity contribution in [1.82, 2.24) is 9.97 Å². The zero-order chi connectivity index (χ0) is 19.3. The Morgan fingerprint density at radius 1 is 0.929 bits per heavy atom. The van der Waals surface area contributed by atoms with Gasteiger partial charge in [0.15, 0.2) is 5.69 Å². The number of nitrogens with zero attached hydrogens (tertiary/aromatic N) is 2. The van der Waals surface area contributed by atoms with Crippen LogP contribution >= 0.6 is 11.3 Å². The lowest BCUT2D eigenvalue weighted by atomic mass is 10.2. The molecule has 0 amide bonds. The minimum absolute atomic E-state index is 0.286. The fourth-order valence-corrected chi connectivity index (χ4v) is 3.25. The number of benzene rings is 2. The van der Waals surface area contributed by atoms with Gasteiger partial charge in [-0.05, 0) is 37.3 Å². The normalized spacial score (nSPS) is 10.5. The molecule has 4 rings (SSSR count). The van der Waals surface area contributed by atoms with Crippen LogP contribution in [0.2, 0.25) is 0 Å². The van der Waals surface area contributed by atoms with Crippen LogP contribution in [0.5, 0.6) is 17.4 Å². The van der Waals surface area contributed by atoms with Crippen molar-refractivity contribution >= 4 is 17.3 Å². The average molecular weight is 388 g/mol. The second kappa shape index (κ2) is 8.02. The third kappa shape index (κ3) is 4.24. The number of carbonyl (C=O) groups is 1. The van der Waals surface area contributed by atoms with E-state index in [4.69, 9.17) is 9.47 Å². The summed E-state index contributed by atoms with van der Waals surface area (Å²) in [7, 11) is 0. The van der Waals surface area contributed by atoms with Crippen LogP contribution in [0.1, 0.15) is 16.1 Å². The lowest BCUT2D eigenvalue weighted by Gasteiger charge is -2.06. The van der Waals surface area contributed by atoms with Crippen molar-refractivity contribution in [2.24, 2.45) is 0 Å². The second-order valence-electron chi connectivity index (χ2n) is 6.03. The zero-order valence-corrected chi connectivity index (χ0v) is 15.8. The number of hydrogen-bond acceptors (Lipinski definition) is 6. The van der Waals surface area contributed by atoms with Crippen LogP contribution in [0.3, 0.4) is 0 Å². The fraction of sp³-hybridized carbons (Fsp3) is 0.0455. The molecular weight excluding hydrogens is 372 g/mol. The maximum atomic E-state index is 12.4. The van der Waals surface area contributed by atoms with E-state index in [0.717, 1.165) is 10.6 Å². The van der Waals surface area contributed by atoms with Crippen LogP contribution in [0.4, 0.5) is 0 Å². The van der Waals surface area contributed by atoms with E-state index in [1.165, 1.54) is 16.9 Å². The Bertz CT molecular complexity index is 1070. The molecule has 0 aliphatic rings. The molecule has 138 valence electrons. The fourth-order valence-electron chi connectivity index (χ4n) is 2.46. The van der Waals surface area contributed by atoms with Crippen molar-refractivity contribution in [2.75, 3.05) is 0 Å². The topological polar surface area (TPSA) is 61.3 Å². The summed E-state index contributed by atoms with van der Waals surface area (Å²) in [6, 6.07) is 20.2. The summed E-state index contributed by atoms with van der Waals surface area (Å²) < 4.78 is 11.0. The molecule has 2 heterocycles. The van der Waals surface area contributed by atoms with Crippen LogP contribution in [0.25, 0.3) is 10.6 Å². The molecule has 0 fully saturated rings. The van der Waals surface area contributed by atoms with Gasteiger partial charge in [0.25, 0.3) is 0 Å². The summed E-state index contributed by atoms with van der Waals surface area (Å²) in [5.41, 5.74) is 2.44. The Morgan fingerprint density at radius 3 is 2.39 bits per heavy atom. The van der Waals surface area contributed by atoms with Gasteiger partial charge < -0.3 is 9.47 Å². The van der Waals surface area contributed by atoms with Crippen LogP contribution < -0.4 is 9.47 Å². The number of ether oxygens (including phenoxy) is 2. The highest BCUT2D eigenvalue weighted by atomic mass is 32.1. The number of esters is 1. The van der Waals surface area contributed by atoms with Gasteiger partial charge in [-0.15, -0.1) is 11.3 Å². The van der Waals surface area contributed by atoms with Gasteiger partial charge in [-0.3, -0.25) is 0 Å². The number of carbonyl (C=O) groups excluding carboxylic acids is 1. The Kier molecular flexibility index (Phi) is 5.12. The Balaban J connectivity index is 1.41. The first-order chi connectivity index (χ1) is 13.7. The lowest BCUT2D eigenvalue weighted by Crippen LogP contribution is -2.08. The summed E-state index contributed by atoms with van der Waals surface area (Å²) in [5.74, 6) is 1.03. The number of thiazole rings is 1. The SMILES string of the molecule is Cc1ccc(-c2nc(C(=O)Oc3ccc(Oc4ccccn4)cc3)cs2)cc1. The summed E-state index contributed by atoms with van der Waals surface area (Å²) in [5, 5.41) is 2.49. The molecule has 2 aromatic carbocycles. The maximum Gasteiger partial charge on any atom is 0.363 e. The largest absolute Gasteiger partial charge is 0.439 e. The molecule has 5 nitrogen and oxygen atoms in total. The predicted molar refractivity (Wildman–Crippen MR) is 108 cm³/mol. The summed E-state index contributed by atoms with van der Waals surface area (Å²) in [6.07, 6.45) is 1.66. The molecule has 0 aliphatic carbocycles. The van der Waals surface area contributed by atoms with Crippen molar-refractivity contribution in [3.8, 4) is 28.0 Å². The first kappa shape index (κ1) is 17.9. The molecule has 28 heavy (non-hydrogen) atoms. The second-order valence-corrected chi connectivity index (χ2v) is 6.89. The molecule has 0 N–H and O–H groups in total. The molecule has 0 bridgehead atoms. The third-order valence-corrected chi connectivity index (χ3v) is 4.80. The molecule has 0 saturated carbocycles. The molecule has 0 aliphatic heterocycles. The summed E-state index contributed by atoms with van der Waals surface area (Å²) in [6.45, 7) is 2.03. The van der Waals surface area contributed by atoms with Gasteiger partial charge in [-0.25, -0.2) is 14.8 Å². The van der Waals surface area contributed by atoms with Gasteiger partial charge in [0, 0.05) is 23.2 Å². The minimum atomic E-state index is -0.493. The highest BCUT2D eigenvalue weighted by Crippen LogP contribution is 2.26. The van der Waals surface area contributed by atoms with E-state index in [2.05, 4.69) is 9.97 Å². The molecule has 0 radical (unpaired) electrons. The Labute approximate surface area is 166 Å². The van der Waals surface area contributed by atoms with Crippen molar-refractivity contribution in [2.45, 2.75) is 6.92 Å². The Hall–Kier alpha value is -3.51. The van der Waals surface area contributed by atoms with Crippen molar-refractivity contribution in [1.29, 1.82) is 0 Å². The van der Waals surface area contributed by atoms with Gasteiger partial charge in [-0.2, -0.15) is 0 Å². The molecule has 6 heteroatoms. The zero-order valence-electron chi connectivity index (χ0n) is 15.0. The summed E-state index contributed by atoms with van der Waals surface area (Å²) in [4.78, 5) is 20.9. The number of aromatic nitrogens is 2. The van der Waals surface area contributed by atoms with Crippen LogP contribution in [0.15, 0.2) is 78.3 Å². The van der Waals surface area contributed by atoms with Crippen LogP contribution in [0, 0.1) is 6.92 Å². The molecule has 0 atom stereocenters. The van der Waals surface area contributed by atoms with Gasteiger partial charge in [0.1, 0.15) is 16.5 Å². The molecule has 2 aromatic heterocycles. The van der Waals surface area contributed by atoms with Crippen molar-refractivity contribution in [3.05, 3.63) is 89.6 Å². The van der Waals surface area contributed by atoms with Crippen molar-refractivity contribution in [3.63, 3.8) is 0 Å². The van der Waals surface area contributed by atoms with E-state index in [-0.39, 0.29) is 5.69 Å². The highest BCUT2D eigenvalue weighted by Gasteiger charge is 2.14. The number of hydrogen-bond donors (Lipinski definition) is 0. The van der Waals surface area contributed by atoms with Crippen LogP contribution in [-0.4, -0.2) is 15.9 Å². The first-order valence-electron chi connectivity index (χ1n) is 8.61. The van der Waals surface area contributed by atoms with Gasteiger partial charge in [-0.1, -0.05) is 35.9 Å². The Morgan fingerprint density at radius 2 is 1.68 bits per heavy atom. The molecule has 0 unspecified atom stereocenters. The van der Waals surface area contributed by atoms with Gasteiger partial charge >= 0.3 is 5.97 Å². The predicted octanol–water partition coefficient (Wildman–Crippen LogP) is 5.53. The molecule has 0 spiro atoms. The molecular formula is C22H16N2O3S. The monoisotopic (exact) mass is 388 g/mol. The smallest absolute Gasteiger partial charge is 0.363 e. The maximum absolute atomic E-state index is 12.4. The van der Waals surface area contributed by atoms with E-state index in [1.807, 2.05) is 43.3 Å². The van der Waals surface area contributed by atoms with Crippen LogP contribution in [-0.2, 0) is 0 Å².